The van der Waals surface area contributed by atoms with Crippen LogP contribution in [0.25, 0.3) is 0 Å². The topological polar surface area (TPSA) is 182 Å². The molecule has 11 nitrogen and oxygen atoms in total. The van der Waals surface area contributed by atoms with Crippen molar-refractivity contribution in [3.05, 3.63) is 41.5 Å². The van der Waals surface area contributed by atoms with Crippen LogP contribution < -0.4 is 10.5 Å². The third-order valence-electron chi connectivity index (χ3n) is 4.56. The molecule has 1 aromatic heterocycles. The maximum Gasteiger partial charge on any atom is 0.451 e. The first-order valence-corrected chi connectivity index (χ1v) is 8.79. The second kappa shape index (κ2) is 8.51. The largest absolute Gasteiger partial charge is 0.507 e. The van der Waals surface area contributed by atoms with E-state index in [0.29, 0.717) is 0 Å². The van der Waals surface area contributed by atoms with Crippen molar-refractivity contribution in [2.45, 2.75) is 24.9 Å². The van der Waals surface area contributed by atoms with Gasteiger partial charge in [-0.15, -0.1) is 0 Å². The van der Waals surface area contributed by atoms with E-state index < -0.39 is 42.4 Å². The summed E-state index contributed by atoms with van der Waals surface area (Å²) >= 11 is 0. The number of amides is 1. The van der Waals surface area contributed by atoms with Crippen molar-refractivity contribution < 1.29 is 36.0 Å². The lowest BCUT2D eigenvalue weighted by Gasteiger charge is -2.40. The number of hydrogen-bond acceptors (Lipinski definition) is 8. The monoisotopic (exact) mass is 405 g/mol. The van der Waals surface area contributed by atoms with Gasteiger partial charge in [0.25, 0.3) is 0 Å². The molecule has 0 spiro atoms. The van der Waals surface area contributed by atoms with Crippen LogP contribution in [0.3, 0.4) is 0 Å². The van der Waals surface area contributed by atoms with Gasteiger partial charge in [0, 0.05) is 0 Å². The number of imidazole rings is 1. The summed E-state index contributed by atoms with van der Waals surface area (Å²) in [6.45, 7) is 0.173. The number of likely N-dealkylation sites (tertiary alicyclic amines) is 1. The van der Waals surface area contributed by atoms with Crippen molar-refractivity contribution in [1.82, 2.24) is 14.9 Å². The van der Waals surface area contributed by atoms with Gasteiger partial charge in [-0.05, 0) is 24.4 Å². The molecule has 29 heavy (non-hydrogen) atoms. The first-order chi connectivity index (χ1) is 14.1. The van der Waals surface area contributed by atoms with E-state index in [-0.39, 0.29) is 42.8 Å². The summed E-state index contributed by atoms with van der Waals surface area (Å²) in [6.07, 6.45) is 2.04. The maximum absolute atomic E-state index is 12.5. The molecular formula is C17H21BN4O7. The van der Waals surface area contributed by atoms with E-state index in [9.17, 15) is 19.8 Å². The van der Waals surface area contributed by atoms with Gasteiger partial charge in [-0.3, -0.25) is 4.79 Å². The summed E-state index contributed by atoms with van der Waals surface area (Å²) in [5.41, 5.74) is 5.73. The Balaban J connectivity index is 1.67. The number of ether oxygens (including phenoxy) is 1. The fraction of sp³-hybridized carbons (Fsp3) is 0.353. The number of nitrogens with zero attached hydrogens (tertiary/aromatic N) is 2. The van der Waals surface area contributed by atoms with Gasteiger partial charge in [0.05, 0.1) is 32.7 Å². The van der Waals surface area contributed by atoms with Gasteiger partial charge in [0.1, 0.15) is 29.2 Å². The first kappa shape index (κ1) is 19.2. The fourth-order valence-electron chi connectivity index (χ4n) is 2.95. The number of benzene rings is 1. The Kier molecular flexibility index (Phi) is 5.65. The van der Waals surface area contributed by atoms with E-state index in [2.05, 4.69) is 9.97 Å². The van der Waals surface area contributed by atoms with Crippen LogP contribution in [-0.4, -0.2) is 73.3 Å². The molecule has 1 unspecified atom stereocenters. The molecule has 7 N–H and O–H groups in total. The summed E-state index contributed by atoms with van der Waals surface area (Å²) in [5.74, 6) is -2.67. The van der Waals surface area contributed by atoms with Crippen molar-refractivity contribution in [1.29, 1.82) is 0 Å². The molecule has 12 heteroatoms. The predicted molar refractivity (Wildman–Crippen MR) is 100 cm³/mol. The van der Waals surface area contributed by atoms with Crippen LogP contribution in [0.2, 0.25) is 6.32 Å². The minimum atomic E-state index is -2.04. The van der Waals surface area contributed by atoms with Gasteiger partial charge in [-0.1, -0.05) is 6.07 Å². The summed E-state index contributed by atoms with van der Waals surface area (Å²) in [4.78, 5) is 31.8. The van der Waals surface area contributed by atoms with Gasteiger partial charge in [0.15, 0.2) is 0 Å². The molecule has 1 aromatic carbocycles. The number of aromatic carboxylic acids is 1. The molecule has 0 bridgehead atoms. The van der Waals surface area contributed by atoms with Crippen molar-refractivity contribution in [3.63, 3.8) is 0 Å². The SMILES string of the molecule is [2H]C(N)(C(=O)N1CC(Oc2ccc(CCB(O)O)c(O)c2C(=O)O)C1)c1cnc[nH]1. The summed E-state index contributed by atoms with van der Waals surface area (Å²) in [5, 5.41) is 37.6. The van der Waals surface area contributed by atoms with E-state index in [0.717, 1.165) is 0 Å². The Hall–Kier alpha value is -3.09. The summed E-state index contributed by atoms with van der Waals surface area (Å²) in [6, 6.07) is 0.772. The quantitative estimate of drug-likeness (QED) is 0.304. The van der Waals surface area contributed by atoms with Crippen LogP contribution in [0.15, 0.2) is 24.7 Å². The number of H-pyrrole nitrogens is 1. The number of carboxylic acid groups (broad SMARTS) is 1. The molecule has 154 valence electrons. The number of hydrogen-bond donors (Lipinski definition) is 6. The Morgan fingerprint density at radius 1 is 1.45 bits per heavy atom. The molecule has 1 aliphatic rings. The van der Waals surface area contributed by atoms with Crippen LogP contribution in [-0.2, 0) is 11.2 Å². The molecule has 1 saturated heterocycles. The van der Waals surface area contributed by atoms with E-state index in [4.69, 9.17) is 21.9 Å². The van der Waals surface area contributed by atoms with Crippen molar-refractivity contribution in [3.8, 4) is 11.5 Å². The Morgan fingerprint density at radius 2 is 2.17 bits per heavy atom. The zero-order valence-corrected chi connectivity index (χ0v) is 15.3. The number of rotatable bonds is 8. The number of carbonyl (C=O) groups is 2. The minimum absolute atomic E-state index is 0.0610. The third-order valence-corrected chi connectivity index (χ3v) is 4.56. The summed E-state index contributed by atoms with van der Waals surface area (Å²) < 4.78 is 13.7. The Bertz CT molecular complexity index is 932. The first-order valence-electron chi connectivity index (χ1n) is 9.29. The van der Waals surface area contributed by atoms with Gasteiger partial charge < -0.3 is 40.6 Å². The molecular weight excluding hydrogens is 383 g/mol. The lowest BCUT2D eigenvalue weighted by molar-refractivity contribution is -0.141. The Labute approximate surface area is 167 Å². The standard InChI is InChI=1S/C17H21BN4O7/c19-14(11-5-20-8-21-11)16(24)22-6-10(7-22)29-12-2-1-9(3-4-18(27)28)15(23)13(12)17(25)26/h1-2,5,8,10,14,23,27-28H,3-4,6-7,19H2,(H,20,21)(H,25,26)/i14D. The van der Waals surface area contributed by atoms with Gasteiger partial charge in [-0.25, -0.2) is 9.78 Å². The molecule has 2 heterocycles. The molecule has 2 aromatic rings. The van der Waals surface area contributed by atoms with E-state index in [1.165, 1.54) is 29.6 Å². The van der Waals surface area contributed by atoms with E-state index >= 15 is 0 Å². The molecule has 1 atom stereocenters. The number of aromatic amines is 1. The average molecular weight is 405 g/mol. The predicted octanol–water partition coefficient (Wildman–Crippen LogP) is -0.882. The van der Waals surface area contributed by atoms with Crippen molar-refractivity contribution >= 4 is 19.0 Å². The highest BCUT2D eigenvalue weighted by Crippen LogP contribution is 2.34. The van der Waals surface area contributed by atoms with Crippen LogP contribution >= 0.6 is 0 Å². The lowest BCUT2D eigenvalue weighted by atomic mass is 9.82. The van der Waals surface area contributed by atoms with E-state index in [1.54, 1.807) is 0 Å². The maximum atomic E-state index is 12.5. The van der Waals surface area contributed by atoms with Crippen molar-refractivity contribution in [2.75, 3.05) is 13.1 Å². The van der Waals surface area contributed by atoms with Gasteiger partial charge in [0.2, 0.25) is 5.91 Å². The highest BCUT2D eigenvalue weighted by atomic mass is 16.5. The molecule has 1 fully saturated rings. The third kappa shape index (κ3) is 4.50. The van der Waals surface area contributed by atoms with Gasteiger partial charge >= 0.3 is 13.1 Å². The smallest absolute Gasteiger partial charge is 0.451 e. The summed E-state index contributed by atoms with van der Waals surface area (Å²) in [7, 11) is -1.58. The zero-order valence-electron chi connectivity index (χ0n) is 16.3. The number of nitrogens with one attached hydrogen (secondary N) is 1. The minimum Gasteiger partial charge on any atom is -0.507 e. The Morgan fingerprint density at radius 3 is 2.76 bits per heavy atom. The number of nitrogens with two attached hydrogens (primary N) is 1. The molecule has 1 aliphatic heterocycles. The van der Waals surface area contributed by atoms with Crippen molar-refractivity contribution in [2.24, 2.45) is 5.73 Å². The molecule has 1 amide bonds. The normalized spacial score (nSPS) is 16.5. The van der Waals surface area contributed by atoms with E-state index in [1.807, 2.05) is 0 Å². The average Bonchev–Trinajstić information content (AvgIpc) is 3.18. The van der Waals surface area contributed by atoms with Gasteiger partial charge in [-0.2, -0.15) is 0 Å². The number of aromatic hydroxyl groups is 1. The van der Waals surface area contributed by atoms with Crippen LogP contribution in [0.5, 0.6) is 11.5 Å². The van der Waals surface area contributed by atoms with Crippen LogP contribution in [0.4, 0.5) is 0 Å². The molecule has 0 saturated carbocycles. The molecule has 3 rings (SSSR count). The highest BCUT2D eigenvalue weighted by molar-refractivity contribution is 6.41. The number of carboxylic acids is 1. The number of aryl methyl sites for hydroxylation is 1. The number of aromatic nitrogens is 2. The molecule has 0 aliphatic carbocycles. The van der Waals surface area contributed by atoms with Crippen LogP contribution in [0, 0.1) is 0 Å². The zero-order chi connectivity index (χ0) is 22.1. The second-order valence-corrected chi connectivity index (χ2v) is 6.60. The highest BCUT2D eigenvalue weighted by Gasteiger charge is 2.36. The fourth-order valence-corrected chi connectivity index (χ4v) is 2.95. The second-order valence-electron chi connectivity index (χ2n) is 6.60. The number of phenols is 1. The number of carbonyl (C=O) groups excluding carboxylic acids is 1. The molecule has 0 radical (unpaired) electrons. The van der Waals surface area contributed by atoms with Crippen LogP contribution in [0.1, 0.15) is 29.0 Å². The lowest BCUT2D eigenvalue weighted by Crippen LogP contribution is -2.58.